The number of carbonyl (C=O) groups excluding carboxylic acids is 1. The summed E-state index contributed by atoms with van der Waals surface area (Å²) >= 11 is 3.14. The summed E-state index contributed by atoms with van der Waals surface area (Å²) in [5.41, 5.74) is 1.46. The van der Waals surface area contributed by atoms with Gasteiger partial charge in [-0.15, -0.1) is 0 Å². The highest BCUT2D eigenvalue weighted by molar-refractivity contribution is 9.10. The SMILES string of the molecule is O=C(Cc1ccnnc1)Cc1cccc(F)c1Br. The Morgan fingerprint density at radius 3 is 2.78 bits per heavy atom. The van der Waals surface area contributed by atoms with E-state index >= 15 is 0 Å². The van der Waals surface area contributed by atoms with Gasteiger partial charge in [0, 0.05) is 19.0 Å². The zero-order valence-electron chi connectivity index (χ0n) is 9.44. The Hall–Kier alpha value is -1.62. The van der Waals surface area contributed by atoms with Crippen LogP contribution in [0.25, 0.3) is 0 Å². The molecule has 92 valence electrons. The molecule has 0 saturated heterocycles. The third-order valence-corrected chi connectivity index (χ3v) is 3.35. The number of rotatable bonds is 4. The van der Waals surface area contributed by atoms with Gasteiger partial charge in [-0.1, -0.05) is 12.1 Å². The van der Waals surface area contributed by atoms with Crippen LogP contribution in [0.3, 0.4) is 0 Å². The molecule has 0 aliphatic carbocycles. The highest BCUT2D eigenvalue weighted by Gasteiger charge is 2.10. The van der Waals surface area contributed by atoms with E-state index in [0.29, 0.717) is 10.0 Å². The van der Waals surface area contributed by atoms with Crippen LogP contribution in [0.15, 0.2) is 41.1 Å². The van der Waals surface area contributed by atoms with Gasteiger partial charge in [0.25, 0.3) is 0 Å². The Balaban J connectivity index is 2.06. The zero-order chi connectivity index (χ0) is 13.0. The highest BCUT2D eigenvalue weighted by Crippen LogP contribution is 2.21. The van der Waals surface area contributed by atoms with Gasteiger partial charge in [0.2, 0.25) is 0 Å². The summed E-state index contributed by atoms with van der Waals surface area (Å²) in [5.74, 6) is -0.347. The minimum atomic E-state index is -0.356. The van der Waals surface area contributed by atoms with Crippen molar-refractivity contribution in [3.63, 3.8) is 0 Å². The third-order valence-electron chi connectivity index (χ3n) is 2.47. The van der Waals surface area contributed by atoms with Crippen molar-refractivity contribution in [2.24, 2.45) is 0 Å². The first-order chi connectivity index (χ1) is 8.66. The number of Topliss-reactive ketones (excluding diaryl/α,β-unsaturated/α-hetero) is 1. The maximum atomic E-state index is 13.3. The summed E-state index contributed by atoms with van der Waals surface area (Å²) in [6, 6.07) is 6.42. The van der Waals surface area contributed by atoms with Crippen LogP contribution in [0.4, 0.5) is 4.39 Å². The van der Waals surface area contributed by atoms with Crippen LogP contribution in [0.2, 0.25) is 0 Å². The summed E-state index contributed by atoms with van der Waals surface area (Å²) in [5, 5.41) is 7.35. The lowest BCUT2D eigenvalue weighted by atomic mass is 10.0. The average Bonchev–Trinajstić information content (AvgIpc) is 2.36. The standard InChI is InChI=1S/C13H10BrFN2O/c14-13-10(2-1-3-12(13)15)7-11(18)6-9-4-5-16-17-8-9/h1-5,8H,6-7H2. The van der Waals surface area contributed by atoms with Gasteiger partial charge >= 0.3 is 0 Å². The fraction of sp³-hybridized carbons (Fsp3) is 0.154. The molecule has 2 aromatic rings. The Kier molecular flexibility index (Phi) is 4.15. The summed E-state index contributed by atoms with van der Waals surface area (Å²) in [4.78, 5) is 11.9. The van der Waals surface area contributed by atoms with Crippen LogP contribution in [0.5, 0.6) is 0 Å². The number of carbonyl (C=O) groups is 1. The molecule has 1 aromatic carbocycles. The van der Waals surface area contributed by atoms with E-state index < -0.39 is 0 Å². The van der Waals surface area contributed by atoms with Crippen molar-refractivity contribution in [3.05, 3.63) is 58.1 Å². The van der Waals surface area contributed by atoms with Gasteiger partial charge in [-0.2, -0.15) is 10.2 Å². The van der Waals surface area contributed by atoms with E-state index in [0.717, 1.165) is 5.56 Å². The number of ketones is 1. The largest absolute Gasteiger partial charge is 0.299 e. The molecule has 0 radical (unpaired) electrons. The minimum Gasteiger partial charge on any atom is -0.299 e. The summed E-state index contributed by atoms with van der Waals surface area (Å²) < 4.78 is 13.6. The first-order valence-electron chi connectivity index (χ1n) is 5.37. The molecule has 18 heavy (non-hydrogen) atoms. The predicted molar refractivity (Wildman–Crippen MR) is 68.5 cm³/mol. The second-order valence-corrected chi connectivity index (χ2v) is 4.65. The molecule has 0 spiro atoms. The first-order valence-corrected chi connectivity index (χ1v) is 6.16. The Labute approximate surface area is 112 Å². The molecule has 5 heteroatoms. The molecule has 0 bridgehead atoms. The fourth-order valence-corrected chi connectivity index (χ4v) is 2.01. The summed E-state index contributed by atoms with van der Waals surface area (Å²) in [6.07, 6.45) is 3.57. The van der Waals surface area contributed by atoms with Crippen molar-refractivity contribution in [1.82, 2.24) is 10.2 Å². The van der Waals surface area contributed by atoms with E-state index in [1.165, 1.54) is 6.07 Å². The average molecular weight is 309 g/mol. The smallest absolute Gasteiger partial charge is 0.141 e. The number of hydrogen-bond acceptors (Lipinski definition) is 3. The van der Waals surface area contributed by atoms with Crippen molar-refractivity contribution in [2.45, 2.75) is 12.8 Å². The fourth-order valence-electron chi connectivity index (χ4n) is 1.61. The maximum Gasteiger partial charge on any atom is 0.141 e. The predicted octanol–water partition coefficient (Wildman–Crippen LogP) is 2.73. The molecular formula is C13H10BrFN2O. The topological polar surface area (TPSA) is 42.9 Å². The van der Waals surface area contributed by atoms with E-state index in [4.69, 9.17) is 0 Å². The van der Waals surface area contributed by atoms with Crippen LogP contribution in [0, 0.1) is 5.82 Å². The van der Waals surface area contributed by atoms with Crippen LogP contribution < -0.4 is 0 Å². The van der Waals surface area contributed by atoms with Crippen molar-refractivity contribution in [1.29, 1.82) is 0 Å². The molecule has 0 aliphatic heterocycles. The summed E-state index contributed by atoms with van der Waals surface area (Å²) in [6.45, 7) is 0. The monoisotopic (exact) mass is 308 g/mol. The zero-order valence-corrected chi connectivity index (χ0v) is 11.0. The molecule has 0 unspecified atom stereocenters. The van der Waals surface area contributed by atoms with Gasteiger partial charge in [0.15, 0.2) is 0 Å². The van der Waals surface area contributed by atoms with Crippen molar-refractivity contribution >= 4 is 21.7 Å². The molecule has 2 rings (SSSR count). The number of hydrogen-bond donors (Lipinski definition) is 0. The Morgan fingerprint density at radius 2 is 2.06 bits per heavy atom. The Morgan fingerprint density at radius 1 is 1.22 bits per heavy atom. The lowest BCUT2D eigenvalue weighted by molar-refractivity contribution is -0.117. The van der Waals surface area contributed by atoms with Gasteiger partial charge < -0.3 is 0 Å². The first kappa shape index (κ1) is 12.8. The van der Waals surface area contributed by atoms with Crippen LogP contribution in [-0.2, 0) is 17.6 Å². The van der Waals surface area contributed by atoms with E-state index in [9.17, 15) is 9.18 Å². The summed E-state index contributed by atoms with van der Waals surface area (Å²) in [7, 11) is 0. The van der Waals surface area contributed by atoms with Crippen molar-refractivity contribution < 1.29 is 9.18 Å². The second kappa shape index (κ2) is 5.82. The molecule has 0 atom stereocenters. The number of benzene rings is 1. The molecule has 0 fully saturated rings. The van der Waals surface area contributed by atoms with Gasteiger partial charge in [-0.3, -0.25) is 4.79 Å². The van der Waals surface area contributed by atoms with Gasteiger partial charge in [0.05, 0.1) is 10.7 Å². The quantitative estimate of drug-likeness (QED) is 0.872. The van der Waals surface area contributed by atoms with Crippen molar-refractivity contribution in [2.75, 3.05) is 0 Å². The molecule has 3 nitrogen and oxygen atoms in total. The molecule has 0 saturated carbocycles. The third kappa shape index (κ3) is 3.20. The number of halogens is 2. The second-order valence-electron chi connectivity index (χ2n) is 3.86. The molecule has 0 aliphatic rings. The maximum absolute atomic E-state index is 13.3. The minimum absolute atomic E-state index is 0.00861. The normalized spacial score (nSPS) is 10.3. The molecule has 1 heterocycles. The lowest BCUT2D eigenvalue weighted by Crippen LogP contribution is -2.07. The van der Waals surface area contributed by atoms with Crippen LogP contribution in [-0.4, -0.2) is 16.0 Å². The van der Waals surface area contributed by atoms with Gasteiger partial charge in [-0.05, 0) is 39.2 Å². The van der Waals surface area contributed by atoms with Crippen molar-refractivity contribution in [3.8, 4) is 0 Å². The van der Waals surface area contributed by atoms with Gasteiger partial charge in [-0.25, -0.2) is 4.39 Å². The van der Waals surface area contributed by atoms with E-state index in [2.05, 4.69) is 26.1 Å². The van der Waals surface area contributed by atoms with Crippen LogP contribution in [0.1, 0.15) is 11.1 Å². The Bertz CT molecular complexity index is 560. The lowest BCUT2D eigenvalue weighted by Gasteiger charge is -2.04. The van der Waals surface area contributed by atoms with E-state index in [-0.39, 0.29) is 24.4 Å². The van der Waals surface area contributed by atoms with Crippen LogP contribution >= 0.6 is 15.9 Å². The molecule has 0 N–H and O–H groups in total. The highest BCUT2D eigenvalue weighted by atomic mass is 79.9. The molecule has 1 aromatic heterocycles. The molecular weight excluding hydrogens is 299 g/mol. The number of aromatic nitrogens is 2. The van der Waals surface area contributed by atoms with E-state index in [1.807, 2.05) is 0 Å². The number of nitrogens with zero attached hydrogens (tertiary/aromatic N) is 2. The van der Waals surface area contributed by atoms with E-state index in [1.54, 1.807) is 30.6 Å². The molecule has 0 amide bonds. The van der Waals surface area contributed by atoms with Gasteiger partial charge in [0.1, 0.15) is 11.6 Å².